The summed E-state index contributed by atoms with van der Waals surface area (Å²) < 4.78 is 89.1. The molecule has 14 heteroatoms. The van der Waals surface area contributed by atoms with Crippen LogP contribution in [0.5, 0.6) is 0 Å². The van der Waals surface area contributed by atoms with Gasteiger partial charge >= 0.3 is 20.2 Å². The average molecular weight is 390 g/mol. The van der Waals surface area contributed by atoms with Gasteiger partial charge in [-0.2, -0.15) is 20.5 Å². The first-order chi connectivity index (χ1) is 9.66. The Morgan fingerprint density at radius 1 is 1.09 bits per heavy atom. The SMILES string of the molecule is C#CS(=N)(=O)OS(=O)(=O)C(=C)/C=C/S(=N)(=O)OS(=O)(=O)C=C. The Morgan fingerprint density at radius 2 is 1.59 bits per heavy atom. The van der Waals surface area contributed by atoms with Crippen molar-refractivity contribution in [3.05, 3.63) is 35.0 Å². The maximum Gasteiger partial charge on any atom is 0.310 e. The summed E-state index contributed by atoms with van der Waals surface area (Å²) in [6, 6.07) is 0. The van der Waals surface area contributed by atoms with Gasteiger partial charge in [-0.1, -0.05) is 13.2 Å². The van der Waals surface area contributed by atoms with Crippen LogP contribution >= 0.6 is 0 Å². The van der Waals surface area contributed by atoms with Crippen molar-refractivity contribution >= 4 is 40.3 Å². The van der Waals surface area contributed by atoms with E-state index in [2.05, 4.69) is 26.8 Å². The summed E-state index contributed by atoms with van der Waals surface area (Å²) in [5, 5.41) is 1.83. The van der Waals surface area contributed by atoms with Crippen molar-refractivity contribution < 1.29 is 32.5 Å². The molecule has 10 nitrogen and oxygen atoms in total. The van der Waals surface area contributed by atoms with Gasteiger partial charge in [0.2, 0.25) is 10.0 Å². The van der Waals surface area contributed by atoms with Crippen LogP contribution in [0.25, 0.3) is 0 Å². The highest BCUT2D eigenvalue weighted by molar-refractivity contribution is 8.04. The number of nitrogens with one attached hydrogen (secondary N) is 2. The van der Waals surface area contributed by atoms with Crippen LogP contribution in [0, 0.1) is 21.2 Å². The van der Waals surface area contributed by atoms with Crippen LogP contribution in [0.1, 0.15) is 0 Å². The van der Waals surface area contributed by atoms with Crippen molar-refractivity contribution in [1.29, 1.82) is 9.56 Å². The molecule has 2 unspecified atom stereocenters. The van der Waals surface area contributed by atoms with Crippen LogP contribution in [0.4, 0.5) is 0 Å². The van der Waals surface area contributed by atoms with Crippen molar-refractivity contribution in [2.24, 2.45) is 0 Å². The standard InChI is InChI=1S/C8H10N2O8S4/c1-4-19(9,11)18-22(15,16)8(3)6-7-20(10,12)17-21(13,14)5-2/h1,5-7,9-10H,2-3H2/b7-6+. The molecule has 0 saturated carbocycles. The summed E-state index contributed by atoms with van der Waals surface area (Å²) >= 11 is 0. The van der Waals surface area contributed by atoms with Crippen molar-refractivity contribution in [2.75, 3.05) is 0 Å². The molecule has 0 bridgehead atoms. The second-order valence-electron chi connectivity index (χ2n) is 3.19. The molecule has 0 spiro atoms. The summed E-state index contributed by atoms with van der Waals surface area (Å²) in [5.74, 6) is 0. The Bertz CT molecular complexity index is 959. The van der Waals surface area contributed by atoms with Crippen LogP contribution in [0.3, 0.4) is 0 Å². The molecule has 0 radical (unpaired) electrons. The lowest BCUT2D eigenvalue weighted by Crippen LogP contribution is -2.12. The Labute approximate surface area is 129 Å². The molecule has 0 rings (SSSR count). The number of hydrogen-bond acceptors (Lipinski definition) is 10. The second-order valence-corrected chi connectivity index (χ2v) is 9.63. The molecule has 2 N–H and O–H groups in total. The smallest absolute Gasteiger partial charge is 0.226 e. The molecule has 0 aliphatic rings. The Hall–Kier alpha value is -1.50. The summed E-state index contributed by atoms with van der Waals surface area (Å²) in [6.07, 6.45) is 5.03. The lowest BCUT2D eigenvalue weighted by molar-refractivity contribution is 0.503. The van der Waals surface area contributed by atoms with Gasteiger partial charge in [0.15, 0.2) is 10.0 Å². The third-order valence-electron chi connectivity index (χ3n) is 1.49. The maximum absolute atomic E-state index is 11.5. The van der Waals surface area contributed by atoms with E-state index >= 15 is 0 Å². The molecule has 0 saturated heterocycles. The minimum Gasteiger partial charge on any atom is -0.226 e. The largest absolute Gasteiger partial charge is 0.310 e. The highest BCUT2D eigenvalue weighted by Crippen LogP contribution is 2.14. The topological polar surface area (TPSA) is 169 Å². The molecule has 22 heavy (non-hydrogen) atoms. The van der Waals surface area contributed by atoms with Gasteiger partial charge in [0.05, 0.1) is 10.3 Å². The molecule has 0 aromatic heterocycles. The molecule has 0 aliphatic carbocycles. The first-order valence-electron chi connectivity index (χ1n) is 4.63. The van der Waals surface area contributed by atoms with Gasteiger partial charge in [0, 0.05) is 10.7 Å². The highest BCUT2D eigenvalue weighted by atomic mass is 32.3. The number of terminal acetylenes is 1. The van der Waals surface area contributed by atoms with Gasteiger partial charge in [-0.3, -0.25) is 0 Å². The van der Waals surface area contributed by atoms with Gasteiger partial charge in [0.25, 0.3) is 0 Å². The van der Waals surface area contributed by atoms with Crippen LogP contribution in [0.15, 0.2) is 35.0 Å². The second kappa shape index (κ2) is 6.73. The molecular weight excluding hydrogens is 380 g/mol. The van der Waals surface area contributed by atoms with Gasteiger partial charge in [-0.25, -0.2) is 18.0 Å². The normalized spacial score (nSPS) is 18.0. The quantitative estimate of drug-likeness (QED) is 0.442. The summed E-state index contributed by atoms with van der Waals surface area (Å²) in [7, 11) is -17.9. The Kier molecular flexibility index (Phi) is 6.27. The Balaban J connectivity index is 5.39. The van der Waals surface area contributed by atoms with E-state index in [0.29, 0.717) is 6.08 Å². The Morgan fingerprint density at radius 3 is 2.00 bits per heavy atom. The zero-order chi connectivity index (χ0) is 17.8. The number of hydrogen-bond donors (Lipinski definition) is 2. The minimum absolute atomic E-state index is 0.263. The van der Waals surface area contributed by atoms with E-state index in [9.17, 15) is 25.3 Å². The van der Waals surface area contributed by atoms with Crippen LogP contribution in [-0.4, -0.2) is 25.3 Å². The molecule has 0 aromatic rings. The molecule has 0 amide bonds. The molecule has 0 aromatic carbocycles. The van der Waals surface area contributed by atoms with Crippen LogP contribution in [-0.2, 0) is 47.5 Å². The molecule has 0 aliphatic heterocycles. The lowest BCUT2D eigenvalue weighted by atomic mass is 10.6. The zero-order valence-electron chi connectivity index (χ0n) is 10.6. The lowest BCUT2D eigenvalue weighted by Gasteiger charge is -2.04. The van der Waals surface area contributed by atoms with Crippen LogP contribution in [0.2, 0.25) is 0 Å². The van der Waals surface area contributed by atoms with Crippen molar-refractivity contribution in [1.82, 2.24) is 0 Å². The first-order valence-corrected chi connectivity index (χ1v) is 10.5. The first kappa shape index (κ1) is 20.5. The van der Waals surface area contributed by atoms with E-state index in [1.54, 1.807) is 0 Å². The van der Waals surface area contributed by atoms with Crippen molar-refractivity contribution in [3.63, 3.8) is 0 Å². The minimum atomic E-state index is -4.82. The number of rotatable bonds is 8. The third-order valence-corrected chi connectivity index (χ3v) is 6.54. The van der Waals surface area contributed by atoms with E-state index in [1.807, 2.05) is 0 Å². The molecular formula is C8H10N2O8S4. The van der Waals surface area contributed by atoms with Gasteiger partial charge in [0.1, 0.15) is 0 Å². The third kappa shape index (κ3) is 6.98. The molecule has 0 fully saturated rings. The fraction of sp³-hybridized carbons (Fsp3) is 0. The zero-order valence-corrected chi connectivity index (χ0v) is 13.9. The highest BCUT2D eigenvalue weighted by Gasteiger charge is 2.21. The van der Waals surface area contributed by atoms with Crippen molar-refractivity contribution in [3.8, 4) is 11.7 Å². The number of allylic oxidation sites excluding steroid dienone is 1. The van der Waals surface area contributed by atoms with Gasteiger partial charge in [-0.05, 0) is 6.08 Å². The fourth-order valence-corrected chi connectivity index (χ4v) is 4.34. The predicted molar refractivity (Wildman–Crippen MR) is 79.0 cm³/mol. The monoisotopic (exact) mass is 390 g/mol. The maximum atomic E-state index is 11.5. The van der Waals surface area contributed by atoms with E-state index < -0.39 is 45.2 Å². The summed E-state index contributed by atoms with van der Waals surface area (Å²) in [6.45, 7) is 5.80. The van der Waals surface area contributed by atoms with E-state index in [4.69, 9.17) is 9.56 Å². The van der Waals surface area contributed by atoms with E-state index in [0.717, 1.165) is 0 Å². The van der Waals surface area contributed by atoms with Gasteiger partial charge in [-0.15, -0.1) is 10.1 Å². The van der Waals surface area contributed by atoms with Gasteiger partial charge < -0.3 is 0 Å². The van der Waals surface area contributed by atoms with Crippen LogP contribution < -0.4 is 0 Å². The van der Waals surface area contributed by atoms with E-state index in [1.165, 1.54) is 5.25 Å². The van der Waals surface area contributed by atoms with Crippen molar-refractivity contribution in [2.45, 2.75) is 0 Å². The molecule has 0 heterocycles. The molecule has 2 atom stereocenters. The average Bonchev–Trinajstić information content (AvgIpc) is 2.33. The molecule has 124 valence electrons. The fourth-order valence-electron chi connectivity index (χ4n) is 0.630. The summed E-state index contributed by atoms with van der Waals surface area (Å²) in [4.78, 5) is -0.984. The summed E-state index contributed by atoms with van der Waals surface area (Å²) in [5.41, 5.74) is 0. The predicted octanol–water partition coefficient (Wildman–Crippen LogP) is 0.364. The van der Waals surface area contributed by atoms with E-state index in [-0.39, 0.29) is 10.8 Å².